The highest BCUT2D eigenvalue weighted by Crippen LogP contribution is 2.78. The van der Waals surface area contributed by atoms with E-state index >= 15 is 0 Å². The molecule has 1 aliphatic heterocycles. The topological polar surface area (TPSA) is 116 Å². The van der Waals surface area contributed by atoms with Crippen molar-refractivity contribution in [2.75, 3.05) is 0 Å². The highest BCUT2D eigenvalue weighted by molar-refractivity contribution is 5.67. The van der Waals surface area contributed by atoms with Gasteiger partial charge in [-0.15, -0.1) is 0 Å². The maximum Gasteiger partial charge on any atom is 0.335 e. The van der Waals surface area contributed by atoms with Gasteiger partial charge >= 0.3 is 17.6 Å². The predicted octanol–water partition coefficient (Wildman–Crippen LogP) is 3.49. The Morgan fingerprint density at radius 2 is 1.67 bits per heavy atom. The van der Waals surface area contributed by atoms with Crippen LogP contribution in [0.4, 0.5) is 0 Å². The van der Waals surface area contributed by atoms with Gasteiger partial charge in [0.05, 0.1) is 11.9 Å². The average molecular weight is 501 g/mol. The van der Waals surface area contributed by atoms with Gasteiger partial charge in [0.25, 0.3) is 0 Å². The lowest BCUT2D eigenvalue weighted by molar-refractivity contribution is -0.228. The van der Waals surface area contributed by atoms with Crippen LogP contribution in [0, 0.1) is 22.7 Å². The van der Waals surface area contributed by atoms with Gasteiger partial charge in [0.2, 0.25) is 0 Å². The van der Waals surface area contributed by atoms with E-state index < -0.39 is 22.9 Å². The minimum atomic E-state index is -0.891. The molecule has 2 heterocycles. The monoisotopic (exact) mass is 500 g/mol. The van der Waals surface area contributed by atoms with E-state index in [9.17, 15) is 19.5 Å². The molecule has 0 radical (unpaired) electrons. The van der Waals surface area contributed by atoms with Crippen molar-refractivity contribution in [1.29, 1.82) is 0 Å². The molecule has 0 amide bonds. The van der Waals surface area contributed by atoms with Crippen LogP contribution in [0.3, 0.4) is 0 Å². The van der Waals surface area contributed by atoms with Crippen LogP contribution < -0.4 is 5.63 Å². The summed E-state index contributed by atoms with van der Waals surface area (Å²) in [5, 5.41) is 12.0. The fourth-order valence-electron chi connectivity index (χ4n) is 9.41. The molecular weight excluding hydrogens is 464 g/mol. The maximum atomic E-state index is 12.2. The first-order valence-corrected chi connectivity index (χ1v) is 13.3. The van der Waals surface area contributed by atoms with Gasteiger partial charge in [0.1, 0.15) is 23.9 Å². The first kappa shape index (κ1) is 24.2. The number of carbonyl (C=O) groups is 2. The maximum absolute atomic E-state index is 12.2. The minimum Gasteiger partial charge on any atom is -0.462 e. The highest BCUT2D eigenvalue weighted by Gasteiger charge is 2.85. The van der Waals surface area contributed by atoms with E-state index in [-0.39, 0.29) is 52.7 Å². The number of aliphatic hydroxyl groups is 1. The molecule has 1 aromatic rings. The number of esters is 2. The van der Waals surface area contributed by atoms with Crippen LogP contribution in [0.1, 0.15) is 84.1 Å². The van der Waals surface area contributed by atoms with Crippen LogP contribution in [0.15, 0.2) is 27.6 Å². The van der Waals surface area contributed by atoms with Crippen molar-refractivity contribution in [1.82, 2.24) is 0 Å². The lowest BCUT2D eigenvalue weighted by Gasteiger charge is -2.64. The van der Waals surface area contributed by atoms with E-state index in [0.717, 1.165) is 37.7 Å². The van der Waals surface area contributed by atoms with Crippen molar-refractivity contribution in [3.63, 3.8) is 0 Å². The third kappa shape index (κ3) is 3.03. The summed E-state index contributed by atoms with van der Waals surface area (Å²) in [4.78, 5) is 35.4. The van der Waals surface area contributed by atoms with E-state index in [1.807, 2.05) is 0 Å². The summed E-state index contributed by atoms with van der Waals surface area (Å²) >= 11 is 0. The number of fused-ring (bicyclic) bond motifs is 3. The number of hydrogen-bond donors (Lipinski definition) is 1. The molecular formula is C28H36O8. The quantitative estimate of drug-likeness (QED) is 0.495. The van der Waals surface area contributed by atoms with Crippen molar-refractivity contribution in [2.24, 2.45) is 22.7 Å². The van der Waals surface area contributed by atoms with Gasteiger partial charge in [-0.2, -0.15) is 0 Å². The van der Waals surface area contributed by atoms with Gasteiger partial charge < -0.3 is 23.7 Å². The zero-order valence-electron chi connectivity index (χ0n) is 21.5. The molecule has 0 bridgehead atoms. The van der Waals surface area contributed by atoms with Crippen LogP contribution in [0.2, 0.25) is 0 Å². The molecule has 1 spiro atoms. The van der Waals surface area contributed by atoms with Gasteiger partial charge in [-0.25, -0.2) is 4.79 Å². The summed E-state index contributed by atoms with van der Waals surface area (Å²) in [7, 11) is 0. The van der Waals surface area contributed by atoms with Crippen molar-refractivity contribution >= 4 is 11.9 Å². The standard InChI is InChI=1S/C28H36O8/c1-15(29)34-18-7-10-25(3)19-8-11-26(4)22(17-5-6-21(31)33-14-17)23(35-16(2)30)24-28(26,36-24)20(19)9-12-27(25,32)13-18/h5-6,14,18-20,22-24,32H,7-13H2,1-4H3/t18-,19?,20?,22-,23+,24+,25+,26+,27-,28+/m0/s1. The van der Waals surface area contributed by atoms with Crippen molar-refractivity contribution in [3.05, 3.63) is 34.4 Å². The molecule has 5 fully saturated rings. The van der Waals surface area contributed by atoms with Crippen LogP contribution in [0.5, 0.6) is 0 Å². The first-order chi connectivity index (χ1) is 16.9. The third-order valence-electron chi connectivity index (χ3n) is 10.9. The second-order valence-corrected chi connectivity index (χ2v) is 12.4. The molecule has 1 aromatic heterocycles. The van der Waals surface area contributed by atoms with Gasteiger partial charge in [0, 0.05) is 37.7 Å². The van der Waals surface area contributed by atoms with Gasteiger partial charge in [0.15, 0.2) is 0 Å². The van der Waals surface area contributed by atoms with E-state index in [2.05, 4.69) is 13.8 Å². The van der Waals surface area contributed by atoms with Crippen LogP contribution in [0.25, 0.3) is 0 Å². The molecule has 2 unspecified atom stereocenters. The van der Waals surface area contributed by atoms with Crippen LogP contribution in [-0.4, -0.2) is 46.6 Å². The lowest BCUT2D eigenvalue weighted by atomic mass is 9.42. The Bertz CT molecular complexity index is 1140. The number of hydrogen-bond acceptors (Lipinski definition) is 8. The molecule has 36 heavy (non-hydrogen) atoms. The molecule has 0 aromatic carbocycles. The third-order valence-corrected chi connectivity index (χ3v) is 10.9. The average Bonchev–Trinajstić information content (AvgIpc) is 3.50. The fraction of sp³-hybridized carbons (Fsp3) is 0.750. The minimum absolute atomic E-state index is 0.140. The molecule has 6 rings (SSSR count). The van der Waals surface area contributed by atoms with E-state index in [0.29, 0.717) is 12.8 Å². The van der Waals surface area contributed by atoms with Gasteiger partial charge in [-0.05, 0) is 67.4 Å². The predicted molar refractivity (Wildman–Crippen MR) is 127 cm³/mol. The number of ether oxygens (including phenoxy) is 3. The number of rotatable bonds is 3. The van der Waals surface area contributed by atoms with Crippen molar-refractivity contribution < 1.29 is 33.3 Å². The Balaban J connectivity index is 1.36. The lowest BCUT2D eigenvalue weighted by Crippen LogP contribution is -2.65. The number of epoxide rings is 1. The Labute approximate surface area is 210 Å². The zero-order valence-corrected chi connectivity index (χ0v) is 21.5. The molecule has 4 aliphatic carbocycles. The largest absolute Gasteiger partial charge is 0.462 e. The summed E-state index contributed by atoms with van der Waals surface area (Å²) in [5.74, 6) is -0.319. The highest BCUT2D eigenvalue weighted by atomic mass is 16.7. The smallest absolute Gasteiger partial charge is 0.335 e. The molecule has 8 heteroatoms. The Morgan fingerprint density at radius 1 is 0.972 bits per heavy atom. The summed E-state index contributed by atoms with van der Waals surface area (Å²) in [6.07, 6.45) is 5.82. The SMILES string of the molecule is CC(=O)O[C@H]1CC[C@]2(C)C3CC[C@]4(C)[C@@H](c5ccc(=O)oc5)[C@@H](OC(C)=O)[C@H]5O[C@]54C3CC[C@]2(O)C1. The normalized spacial score (nSPS) is 48.6. The van der Waals surface area contributed by atoms with Crippen LogP contribution in [-0.2, 0) is 23.8 Å². The molecule has 8 nitrogen and oxygen atoms in total. The van der Waals surface area contributed by atoms with E-state index in [1.165, 1.54) is 26.2 Å². The number of carbonyl (C=O) groups excluding carboxylic acids is 2. The van der Waals surface area contributed by atoms with Crippen LogP contribution >= 0.6 is 0 Å². The summed E-state index contributed by atoms with van der Waals surface area (Å²) < 4.78 is 23.3. The Hall–Kier alpha value is -2.19. The van der Waals surface area contributed by atoms with Crippen molar-refractivity contribution in [2.45, 2.75) is 108 Å². The zero-order chi connectivity index (χ0) is 25.7. The molecule has 10 atom stereocenters. The first-order valence-electron chi connectivity index (χ1n) is 13.3. The van der Waals surface area contributed by atoms with E-state index in [1.54, 1.807) is 6.07 Å². The molecule has 1 N–H and O–H groups in total. The second-order valence-electron chi connectivity index (χ2n) is 12.4. The van der Waals surface area contributed by atoms with Crippen molar-refractivity contribution in [3.8, 4) is 0 Å². The van der Waals surface area contributed by atoms with E-state index in [4.69, 9.17) is 18.6 Å². The molecule has 1 saturated heterocycles. The fourth-order valence-corrected chi connectivity index (χ4v) is 9.41. The molecule has 196 valence electrons. The molecule has 4 saturated carbocycles. The summed E-state index contributed by atoms with van der Waals surface area (Å²) in [5.41, 5.74) is -1.51. The second kappa shape index (κ2) is 7.67. The Morgan fingerprint density at radius 3 is 2.33 bits per heavy atom. The van der Waals surface area contributed by atoms with Gasteiger partial charge in [-0.3, -0.25) is 9.59 Å². The molecule has 5 aliphatic rings. The Kier molecular flexibility index (Phi) is 5.15. The summed E-state index contributed by atoms with van der Waals surface area (Å²) in [6.45, 7) is 7.30. The summed E-state index contributed by atoms with van der Waals surface area (Å²) in [6, 6.07) is 3.22. The van der Waals surface area contributed by atoms with Gasteiger partial charge in [-0.1, -0.05) is 13.8 Å².